The third kappa shape index (κ3) is 5.69. The van der Waals surface area contributed by atoms with E-state index in [1.165, 1.54) is 24.9 Å². The number of imidazole rings is 1. The van der Waals surface area contributed by atoms with Crippen molar-refractivity contribution in [2.24, 2.45) is 0 Å². The zero-order valence-corrected chi connectivity index (χ0v) is 18.5. The summed E-state index contributed by atoms with van der Waals surface area (Å²) < 4.78 is 6.87. The Morgan fingerprint density at radius 2 is 2.00 bits per heavy atom. The molecule has 0 fully saturated rings. The van der Waals surface area contributed by atoms with Gasteiger partial charge in [-0.2, -0.15) is 0 Å². The second-order valence-corrected chi connectivity index (χ2v) is 8.31. The van der Waals surface area contributed by atoms with E-state index in [-0.39, 0.29) is 24.0 Å². The number of nitrogens with zero attached hydrogens (tertiary/aromatic N) is 4. The van der Waals surface area contributed by atoms with Crippen LogP contribution in [0.15, 0.2) is 58.7 Å². The van der Waals surface area contributed by atoms with Gasteiger partial charge < -0.3 is 9.30 Å². The predicted molar refractivity (Wildman–Crippen MR) is 117 cm³/mol. The molecule has 162 valence electrons. The van der Waals surface area contributed by atoms with Gasteiger partial charge in [-0.15, -0.1) is 0 Å². The second-order valence-electron chi connectivity index (χ2n) is 7.25. The van der Waals surface area contributed by atoms with Gasteiger partial charge in [-0.3, -0.25) is 19.9 Å². The molecule has 0 unspecified atom stereocenters. The lowest BCUT2D eigenvalue weighted by Crippen LogP contribution is -2.10. The number of non-ortho nitro benzene ring substituents is 1. The van der Waals surface area contributed by atoms with Crippen LogP contribution in [-0.2, 0) is 22.5 Å². The Morgan fingerprint density at radius 3 is 2.65 bits per heavy atom. The summed E-state index contributed by atoms with van der Waals surface area (Å²) in [6, 6.07) is 10.4. The van der Waals surface area contributed by atoms with E-state index in [0.717, 1.165) is 27.0 Å². The Kier molecular flexibility index (Phi) is 7.41. The standard InChI is InChI=1S/C22H24N4O4S/c1-15(2)21-22(31-18-6-4-5-17(13-18)26(28)29)25(14-16-9-11-23-12-10-16)19(24-21)7-8-20(27)30-3/h4-6,9-13,15H,7-8,14H2,1-3H3. The zero-order chi connectivity index (χ0) is 22.4. The molecule has 0 radical (unpaired) electrons. The summed E-state index contributed by atoms with van der Waals surface area (Å²) in [5, 5.41) is 12.1. The lowest BCUT2D eigenvalue weighted by Gasteiger charge is -2.13. The van der Waals surface area contributed by atoms with Crippen molar-refractivity contribution in [2.75, 3.05) is 7.11 Å². The van der Waals surface area contributed by atoms with Crippen LogP contribution in [0, 0.1) is 10.1 Å². The van der Waals surface area contributed by atoms with Crippen molar-refractivity contribution in [3.8, 4) is 0 Å². The number of esters is 1. The summed E-state index contributed by atoms with van der Waals surface area (Å²) in [6.45, 7) is 4.66. The highest BCUT2D eigenvalue weighted by molar-refractivity contribution is 7.99. The molecule has 1 aromatic carbocycles. The van der Waals surface area contributed by atoms with Crippen molar-refractivity contribution in [1.29, 1.82) is 0 Å². The number of rotatable bonds is 9. The van der Waals surface area contributed by atoms with Gasteiger partial charge in [0.05, 0.1) is 24.1 Å². The number of hydrogen-bond donors (Lipinski definition) is 0. The maximum atomic E-state index is 11.7. The minimum absolute atomic E-state index is 0.0437. The molecule has 0 saturated carbocycles. The number of nitro benzene ring substituents is 1. The summed E-state index contributed by atoms with van der Waals surface area (Å²) in [5.41, 5.74) is 1.98. The van der Waals surface area contributed by atoms with Crippen molar-refractivity contribution < 1.29 is 14.5 Å². The largest absolute Gasteiger partial charge is 0.469 e. The van der Waals surface area contributed by atoms with Crippen LogP contribution in [0.4, 0.5) is 5.69 Å². The van der Waals surface area contributed by atoms with E-state index in [1.54, 1.807) is 24.5 Å². The Morgan fingerprint density at radius 1 is 1.26 bits per heavy atom. The van der Waals surface area contributed by atoms with E-state index in [2.05, 4.69) is 23.4 Å². The van der Waals surface area contributed by atoms with E-state index in [1.807, 2.05) is 18.2 Å². The first-order valence-electron chi connectivity index (χ1n) is 9.86. The fourth-order valence-corrected chi connectivity index (χ4v) is 4.31. The third-order valence-electron chi connectivity index (χ3n) is 4.69. The zero-order valence-electron chi connectivity index (χ0n) is 17.6. The van der Waals surface area contributed by atoms with Crippen molar-refractivity contribution in [3.05, 3.63) is 76.0 Å². The van der Waals surface area contributed by atoms with Crippen LogP contribution in [0.1, 0.15) is 43.3 Å². The van der Waals surface area contributed by atoms with Crippen LogP contribution in [-0.4, -0.2) is 32.5 Å². The molecule has 31 heavy (non-hydrogen) atoms. The number of carbonyl (C=O) groups excluding carboxylic acids is 1. The van der Waals surface area contributed by atoms with Gasteiger partial charge in [0.2, 0.25) is 0 Å². The lowest BCUT2D eigenvalue weighted by atomic mass is 10.1. The monoisotopic (exact) mass is 440 g/mol. The number of methoxy groups -OCH3 is 1. The van der Waals surface area contributed by atoms with Crippen molar-refractivity contribution >= 4 is 23.4 Å². The summed E-state index contributed by atoms with van der Waals surface area (Å²) in [4.78, 5) is 32.2. The number of nitro groups is 1. The molecule has 9 heteroatoms. The van der Waals surface area contributed by atoms with Gasteiger partial charge in [-0.25, -0.2) is 4.98 Å². The lowest BCUT2D eigenvalue weighted by molar-refractivity contribution is -0.385. The van der Waals surface area contributed by atoms with Crippen LogP contribution >= 0.6 is 11.8 Å². The summed E-state index contributed by atoms with van der Waals surface area (Å²) in [5.74, 6) is 0.619. The summed E-state index contributed by atoms with van der Waals surface area (Å²) in [7, 11) is 1.37. The molecular weight excluding hydrogens is 416 g/mol. The third-order valence-corrected chi connectivity index (χ3v) is 5.80. The first-order chi connectivity index (χ1) is 14.9. The first-order valence-corrected chi connectivity index (χ1v) is 10.7. The SMILES string of the molecule is COC(=O)CCc1nc(C(C)C)c(Sc2cccc([N+](=O)[O-])c2)n1Cc1ccncc1. The summed E-state index contributed by atoms with van der Waals surface area (Å²) in [6.07, 6.45) is 4.13. The van der Waals surface area contributed by atoms with Crippen molar-refractivity contribution in [2.45, 2.75) is 49.1 Å². The van der Waals surface area contributed by atoms with Gasteiger partial charge in [0, 0.05) is 42.4 Å². The topological polar surface area (TPSA) is 100 Å². The number of aromatic nitrogens is 3. The molecule has 0 aliphatic carbocycles. The Balaban J connectivity index is 2.05. The molecule has 0 bridgehead atoms. The van der Waals surface area contributed by atoms with Crippen molar-refractivity contribution in [3.63, 3.8) is 0 Å². The number of benzene rings is 1. The van der Waals surface area contributed by atoms with Crippen LogP contribution in [0.25, 0.3) is 0 Å². The average molecular weight is 441 g/mol. The molecule has 8 nitrogen and oxygen atoms in total. The summed E-state index contributed by atoms with van der Waals surface area (Å²) >= 11 is 1.45. The van der Waals surface area contributed by atoms with Gasteiger partial charge >= 0.3 is 5.97 Å². The normalized spacial score (nSPS) is 11.0. The van der Waals surface area contributed by atoms with Gasteiger partial charge in [0.25, 0.3) is 5.69 Å². The number of ether oxygens (including phenoxy) is 1. The van der Waals surface area contributed by atoms with Crippen molar-refractivity contribution in [1.82, 2.24) is 14.5 Å². The minimum Gasteiger partial charge on any atom is -0.469 e. The van der Waals surface area contributed by atoms with Crippen LogP contribution in [0.5, 0.6) is 0 Å². The molecule has 0 amide bonds. The number of aryl methyl sites for hydroxylation is 1. The smallest absolute Gasteiger partial charge is 0.305 e. The molecule has 0 atom stereocenters. The molecule has 3 aromatic rings. The van der Waals surface area contributed by atoms with Crippen LogP contribution < -0.4 is 0 Å². The second kappa shape index (κ2) is 10.2. The van der Waals surface area contributed by atoms with E-state index < -0.39 is 4.92 Å². The van der Waals surface area contributed by atoms with E-state index in [9.17, 15) is 14.9 Å². The number of hydrogen-bond acceptors (Lipinski definition) is 7. The minimum atomic E-state index is -0.399. The number of carbonyl (C=O) groups is 1. The van der Waals surface area contributed by atoms with Gasteiger partial charge in [-0.1, -0.05) is 31.7 Å². The Labute approximate surface area is 184 Å². The average Bonchev–Trinajstić information content (AvgIpc) is 3.10. The number of pyridine rings is 1. The van der Waals surface area contributed by atoms with E-state index in [0.29, 0.717) is 13.0 Å². The first kappa shape index (κ1) is 22.5. The highest BCUT2D eigenvalue weighted by Crippen LogP contribution is 2.36. The molecule has 3 rings (SSSR count). The maximum absolute atomic E-state index is 11.7. The molecule has 0 saturated heterocycles. The molecular formula is C22H24N4O4S. The highest BCUT2D eigenvalue weighted by Gasteiger charge is 2.22. The maximum Gasteiger partial charge on any atom is 0.305 e. The van der Waals surface area contributed by atoms with Crippen LogP contribution in [0.2, 0.25) is 0 Å². The van der Waals surface area contributed by atoms with Gasteiger partial charge in [0.1, 0.15) is 10.9 Å². The predicted octanol–water partition coefficient (Wildman–Crippen LogP) is 4.61. The van der Waals surface area contributed by atoms with E-state index >= 15 is 0 Å². The molecule has 2 aromatic heterocycles. The molecule has 0 aliphatic heterocycles. The quantitative estimate of drug-likeness (QED) is 0.272. The molecule has 0 N–H and O–H groups in total. The van der Waals surface area contributed by atoms with Gasteiger partial charge in [-0.05, 0) is 29.7 Å². The highest BCUT2D eigenvalue weighted by atomic mass is 32.2. The fraction of sp³-hybridized carbons (Fsp3) is 0.318. The van der Waals surface area contributed by atoms with Crippen LogP contribution in [0.3, 0.4) is 0 Å². The molecule has 0 aliphatic rings. The molecule has 2 heterocycles. The fourth-order valence-electron chi connectivity index (χ4n) is 3.10. The Bertz CT molecular complexity index is 1070. The van der Waals surface area contributed by atoms with Gasteiger partial charge in [0.15, 0.2) is 0 Å². The van der Waals surface area contributed by atoms with E-state index in [4.69, 9.17) is 9.72 Å². The molecule has 0 spiro atoms. The Hall–Kier alpha value is -3.20.